The monoisotopic (exact) mass is 300 g/mol. The standard InChI is InChI=1S/C17H20N2O3/c1-12-3-4-13(11-19-12)9-18-10-14-7-15(20-2)17-16(8-14)21-5-6-22-17/h3-4,7-8,11,18H,5-6,9-10H2,1-2H3. The molecule has 2 aromatic rings. The minimum Gasteiger partial charge on any atom is -0.493 e. The van der Waals surface area contributed by atoms with Crippen LogP contribution in [-0.4, -0.2) is 25.3 Å². The average molecular weight is 300 g/mol. The van der Waals surface area contributed by atoms with Gasteiger partial charge in [-0.05, 0) is 36.2 Å². The van der Waals surface area contributed by atoms with Crippen molar-refractivity contribution in [1.29, 1.82) is 0 Å². The second-order valence-corrected chi connectivity index (χ2v) is 5.23. The van der Waals surface area contributed by atoms with Crippen molar-refractivity contribution in [3.63, 3.8) is 0 Å². The van der Waals surface area contributed by atoms with E-state index in [1.807, 2.05) is 31.3 Å². The Morgan fingerprint density at radius 1 is 1.14 bits per heavy atom. The average Bonchev–Trinajstić information content (AvgIpc) is 2.56. The molecule has 0 bridgehead atoms. The minimum atomic E-state index is 0.557. The van der Waals surface area contributed by atoms with Crippen LogP contribution in [-0.2, 0) is 13.1 Å². The molecular formula is C17H20N2O3. The van der Waals surface area contributed by atoms with Gasteiger partial charge in [-0.15, -0.1) is 0 Å². The first-order valence-corrected chi connectivity index (χ1v) is 7.35. The number of methoxy groups -OCH3 is 1. The number of rotatable bonds is 5. The number of hydrogen-bond donors (Lipinski definition) is 1. The maximum absolute atomic E-state index is 5.64. The summed E-state index contributed by atoms with van der Waals surface area (Å²) < 4.78 is 16.6. The van der Waals surface area contributed by atoms with E-state index in [0.29, 0.717) is 24.7 Å². The predicted octanol–water partition coefficient (Wildman–Crippen LogP) is 2.46. The Morgan fingerprint density at radius 2 is 1.95 bits per heavy atom. The lowest BCUT2D eigenvalue weighted by Crippen LogP contribution is -2.17. The maximum atomic E-state index is 5.64. The van der Waals surface area contributed by atoms with Crippen LogP contribution in [0.3, 0.4) is 0 Å². The Hall–Kier alpha value is -2.27. The van der Waals surface area contributed by atoms with Crippen molar-refractivity contribution in [1.82, 2.24) is 10.3 Å². The van der Waals surface area contributed by atoms with E-state index in [1.54, 1.807) is 7.11 Å². The molecule has 3 rings (SSSR count). The quantitative estimate of drug-likeness (QED) is 0.919. The molecule has 116 valence electrons. The van der Waals surface area contributed by atoms with E-state index in [0.717, 1.165) is 35.7 Å². The van der Waals surface area contributed by atoms with Crippen LogP contribution in [0.4, 0.5) is 0 Å². The molecule has 0 saturated carbocycles. The summed E-state index contributed by atoms with van der Waals surface area (Å²) in [6.07, 6.45) is 1.90. The largest absolute Gasteiger partial charge is 0.493 e. The number of aryl methyl sites for hydroxylation is 1. The highest BCUT2D eigenvalue weighted by molar-refractivity contribution is 5.54. The molecule has 0 fully saturated rings. The number of pyridine rings is 1. The molecule has 1 aliphatic rings. The lowest BCUT2D eigenvalue weighted by molar-refractivity contribution is 0.165. The number of aromatic nitrogens is 1. The first-order valence-electron chi connectivity index (χ1n) is 7.35. The van der Waals surface area contributed by atoms with Gasteiger partial charge in [0.05, 0.1) is 7.11 Å². The summed E-state index contributed by atoms with van der Waals surface area (Å²) in [6, 6.07) is 8.08. The lowest BCUT2D eigenvalue weighted by Gasteiger charge is -2.21. The van der Waals surface area contributed by atoms with Gasteiger partial charge in [-0.1, -0.05) is 6.07 Å². The van der Waals surface area contributed by atoms with Crippen molar-refractivity contribution in [3.05, 3.63) is 47.3 Å². The van der Waals surface area contributed by atoms with E-state index >= 15 is 0 Å². The van der Waals surface area contributed by atoms with Gasteiger partial charge < -0.3 is 19.5 Å². The summed E-state index contributed by atoms with van der Waals surface area (Å²) in [5.41, 5.74) is 3.29. The zero-order valence-electron chi connectivity index (χ0n) is 12.9. The fourth-order valence-corrected chi connectivity index (χ4v) is 2.38. The third-order valence-corrected chi connectivity index (χ3v) is 3.52. The molecule has 0 aliphatic carbocycles. The fraction of sp³-hybridized carbons (Fsp3) is 0.353. The van der Waals surface area contributed by atoms with Crippen molar-refractivity contribution in [3.8, 4) is 17.2 Å². The van der Waals surface area contributed by atoms with Gasteiger partial charge in [0.15, 0.2) is 11.5 Å². The van der Waals surface area contributed by atoms with Crippen molar-refractivity contribution < 1.29 is 14.2 Å². The Morgan fingerprint density at radius 3 is 2.73 bits per heavy atom. The number of fused-ring (bicyclic) bond motifs is 1. The molecule has 0 saturated heterocycles. The van der Waals surface area contributed by atoms with Gasteiger partial charge in [-0.2, -0.15) is 0 Å². The summed E-state index contributed by atoms with van der Waals surface area (Å²) in [5, 5.41) is 3.40. The van der Waals surface area contributed by atoms with Gasteiger partial charge >= 0.3 is 0 Å². The topological polar surface area (TPSA) is 52.6 Å². The molecule has 0 unspecified atom stereocenters. The molecule has 1 N–H and O–H groups in total. The molecule has 5 heteroatoms. The van der Waals surface area contributed by atoms with Crippen LogP contribution in [0.5, 0.6) is 17.2 Å². The molecule has 2 heterocycles. The second-order valence-electron chi connectivity index (χ2n) is 5.23. The number of hydrogen-bond acceptors (Lipinski definition) is 5. The van der Waals surface area contributed by atoms with Gasteiger partial charge in [0.1, 0.15) is 13.2 Å². The van der Waals surface area contributed by atoms with Crippen LogP contribution in [0, 0.1) is 6.92 Å². The molecule has 22 heavy (non-hydrogen) atoms. The number of benzene rings is 1. The number of nitrogens with one attached hydrogen (secondary N) is 1. The summed E-state index contributed by atoms with van der Waals surface area (Å²) in [6.45, 7) is 4.60. The lowest BCUT2D eigenvalue weighted by atomic mass is 10.1. The van der Waals surface area contributed by atoms with E-state index in [9.17, 15) is 0 Å². The molecule has 0 radical (unpaired) electrons. The zero-order chi connectivity index (χ0) is 15.4. The van der Waals surface area contributed by atoms with E-state index < -0.39 is 0 Å². The predicted molar refractivity (Wildman–Crippen MR) is 83.5 cm³/mol. The normalized spacial score (nSPS) is 13.0. The highest BCUT2D eigenvalue weighted by atomic mass is 16.6. The molecule has 5 nitrogen and oxygen atoms in total. The van der Waals surface area contributed by atoms with Gasteiger partial charge in [0, 0.05) is 25.0 Å². The molecule has 1 aliphatic heterocycles. The molecule has 1 aromatic carbocycles. The van der Waals surface area contributed by atoms with Gasteiger partial charge in [0.25, 0.3) is 0 Å². The third kappa shape index (κ3) is 3.31. The maximum Gasteiger partial charge on any atom is 0.203 e. The zero-order valence-corrected chi connectivity index (χ0v) is 12.9. The van der Waals surface area contributed by atoms with E-state index in [2.05, 4.69) is 16.4 Å². The van der Waals surface area contributed by atoms with Gasteiger partial charge in [0.2, 0.25) is 5.75 Å². The highest BCUT2D eigenvalue weighted by Gasteiger charge is 2.18. The van der Waals surface area contributed by atoms with Crippen molar-refractivity contribution in [2.75, 3.05) is 20.3 Å². The molecule has 1 aromatic heterocycles. The second kappa shape index (κ2) is 6.66. The van der Waals surface area contributed by atoms with Crippen LogP contribution in [0.2, 0.25) is 0 Å². The summed E-state index contributed by atoms with van der Waals surface area (Å²) >= 11 is 0. The smallest absolute Gasteiger partial charge is 0.203 e. The van der Waals surface area contributed by atoms with Crippen LogP contribution in [0.25, 0.3) is 0 Å². The minimum absolute atomic E-state index is 0.557. The van der Waals surface area contributed by atoms with Crippen LogP contribution >= 0.6 is 0 Å². The Balaban J connectivity index is 1.66. The molecule has 0 atom stereocenters. The Bertz CT molecular complexity index is 624. The van der Waals surface area contributed by atoms with Crippen LogP contribution < -0.4 is 19.5 Å². The van der Waals surface area contributed by atoms with E-state index in [4.69, 9.17) is 14.2 Å². The molecule has 0 spiro atoms. The first-order chi connectivity index (χ1) is 10.8. The van der Waals surface area contributed by atoms with E-state index in [-0.39, 0.29) is 0 Å². The van der Waals surface area contributed by atoms with E-state index in [1.165, 1.54) is 0 Å². The SMILES string of the molecule is COc1cc(CNCc2ccc(C)nc2)cc2c1OCCO2. The first kappa shape index (κ1) is 14.7. The Kier molecular flexibility index (Phi) is 4.44. The summed E-state index contributed by atoms with van der Waals surface area (Å²) in [5.74, 6) is 2.16. The fourth-order valence-electron chi connectivity index (χ4n) is 2.38. The molecule has 0 amide bonds. The van der Waals surface area contributed by atoms with Gasteiger partial charge in [-0.3, -0.25) is 4.98 Å². The van der Waals surface area contributed by atoms with Crippen LogP contribution in [0.15, 0.2) is 30.5 Å². The number of ether oxygens (including phenoxy) is 3. The highest BCUT2D eigenvalue weighted by Crippen LogP contribution is 2.40. The van der Waals surface area contributed by atoms with Crippen molar-refractivity contribution >= 4 is 0 Å². The Labute approximate surface area is 130 Å². The molecular weight excluding hydrogens is 280 g/mol. The summed E-state index contributed by atoms with van der Waals surface area (Å²) in [4.78, 5) is 4.29. The number of nitrogens with zero attached hydrogens (tertiary/aromatic N) is 1. The summed E-state index contributed by atoms with van der Waals surface area (Å²) in [7, 11) is 1.64. The third-order valence-electron chi connectivity index (χ3n) is 3.52. The van der Waals surface area contributed by atoms with Gasteiger partial charge in [-0.25, -0.2) is 0 Å². The van der Waals surface area contributed by atoms with Crippen LogP contribution in [0.1, 0.15) is 16.8 Å². The van der Waals surface area contributed by atoms with Crippen molar-refractivity contribution in [2.45, 2.75) is 20.0 Å². The van der Waals surface area contributed by atoms with Crippen molar-refractivity contribution in [2.24, 2.45) is 0 Å².